The molecule has 1 rings (SSSR count). The number of nitrogens with zero attached hydrogens (tertiary/aromatic N) is 2. The van der Waals surface area contributed by atoms with Crippen LogP contribution in [0.3, 0.4) is 0 Å². The Bertz CT molecular complexity index is 338. The minimum atomic E-state index is -0.246. The molecule has 0 aromatic rings. The fourth-order valence-electron chi connectivity index (χ4n) is 2.15. The third-order valence-corrected chi connectivity index (χ3v) is 3.09. The Morgan fingerprint density at radius 3 is 2.94 bits per heavy atom. The average molecular weight is 253 g/mol. The molecule has 1 amide bonds. The Hall–Kier alpha value is -1.61. The van der Waals surface area contributed by atoms with Crippen LogP contribution >= 0.6 is 0 Å². The smallest absolute Gasteiger partial charge is 0.307 e. The van der Waals surface area contributed by atoms with Crippen molar-refractivity contribution >= 4 is 11.9 Å². The number of piperidine rings is 1. The molecule has 0 radical (unpaired) electrons. The van der Waals surface area contributed by atoms with Gasteiger partial charge in [0.15, 0.2) is 0 Å². The van der Waals surface area contributed by atoms with Gasteiger partial charge in [-0.1, -0.05) is 6.42 Å². The summed E-state index contributed by atoms with van der Waals surface area (Å²) in [6.07, 6.45) is 3.32. The second-order valence-electron chi connectivity index (χ2n) is 4.34. The maximum Gasteiger partial charge on any atom is 0.307 e. The fraction of sp³-hybridized carbons (Fsp3) is 0.750. The molecule has 1 aliphatic heterocycles. The van der Waals surface area contributed by atoms with E-state index in [9.17, 15) is 9.59 Å². The molecule has 0 aliphatic carbocycles. The maximum absolute atomic E-state index is 11.6. The van der Waals surface area contributed by atoms with Gasteiger partial charge in [-0.05, 0) is 19.4 Å². The molecule has 1 N–H and O–H groups in total. The van der Waals surface area contributed by atoms with Crippen LogP contribution in [0.15, 0.2) is 0 Å². The lowest BCUT2D eigenvalue weighted by Crippen LogP contribution is -2.46. The number of amides is 1. The van der Waals surface area contributed by atoms with Gasteiger partial charge >= 0.3 is 5.97 Å². The van der Waals surface area contributed by atoms with Crippen molar-refractivity contribution in [3.05, 3.63) is 0 Å². The van der Waals surface area contributed by atoms with Gasteiger partial charge in [0, 0.05) is 6.04 Å². The summed E-state index contributed by atoms with van der Waals surface area (Å²) >= 11 is 0. The molecule has 1 atom stereocenters. The summed E-state index contributed by atoms with van der Waals surface area (Å²) in [7, 11) is 1.37. The van der Waals surface area contributed by atoms with Crippen molar-refractivity contribution in [3.63, 3.8) is 0 Å². The van der Waals surface area contributed by atoms with Gasteiger partial charge in [-0.15, -0.1) is 0 Å². The molecule has 0 saturated carbocycles. The van der Waals surface area contributed by atoms with Crippen molar-refractivity contribution in [2.45, 2.75) is 31.7 Å². The van der Waals surface area contributed by atoms with Crippen LogP contribution in [0.4, 0.5) is 0 Å². The van der Waals surface area contributed by atoms with Gasteiger partial charge < -0.3 is 10.1 Å². The van der Waals surface area contributed by atoms with E-state index in [-0.39, 0.29) is 31.0 Å². The van der Waals surface area contributed by atoms with Crippen LogP contribution in [0.1, 0.15) is 25.7 Å². The third-order valence-electron chi connectivity index (χ3n) is 3.09. The SMILES string of the molecule is COC(=O)CC1CCCCN1CC(=O)NCC#N. The van der Waals surface area contributed by atoms with Crippen LogP contribution in [0.25, 0.3) is 0 Å². The predicted molar refractivity (Wildman–Crippen MR) is 64.5 cm³/mol. The summed E-state index contributed by atoms with van der Waals surface area (Å²) in [5.74, 6) is -0.419. The van der Waals surface area contributed by atoms with Gasteiger partial charge in [0.1, 0.15) is 6.54 Å². The normalized spacial score (nSPS) is 19.9. The largest absolute Gasteiger partial charge is 0.469 e. The van der Waals surface area contributed by atoms with Crippen molar-refractivity contribution in [1.82, 2.24) is 10.2 Å². The number of carbonyl (C=O) groups excluding carboxylic acids is 2. The number of nitrogens with one attached hydrogen (secondary N) is 1. The van der Waals surface area contributed by atoms with E-state index < -0.39 is 0 Å². The van der Waals surface area contributed by atoms with Crippen molar-refractivity contribution in [3.8, 4) is 6.07 Å². The van der Waals surface area contributed by atoms with Crippen LogP contribution in [-0.4, -0.2) is 49.6 Å². The molecule has 0 aromatic heterocycles. The topological polar surface area (TPSA) is 82.4 Å². The van der Waals surface area contributed by atoms with Gasteiger partial charge in [0.05, 0.1) is 26.1 Å². The first-order chi connectivity index (χ1) is 8.67. The standard InChI is InChI=1S/C12H19N3O3/c1-18-12(17)8-10-4-2-3-7-15(10)9-11(16)14-6-5-13/h10H,2-4,6-9H2,1H3,(H,14,16). The van der Waals surface area contributed by atoms with Crippen molar-refractivity contribution in [2.75, 3.05) is 26.7 Å². The molecule has 1 aliphatic rings. The number of hydrogen-bond acceptors (Lipinski definition) is 5. The maximum atomic E-state index is 11.6. The number of hydrogen-bond donors (Lipinski definition) is 1. The van der Waals surface area contributed by atoms with Crippen LogP contribution < -0.4 is 5.32 Å². The number of esters is 1. The van der Waals surface area contributed by atoms with Crippen LogP contribution in [0, 0.1) is 11.3 Å². The number of likely N-dealkylation sites (tertiary alicyclic amines) is 1. The lowest BCUT2D eigenvalue weighted by atomic mass is 9.99. The Balaban J connectivity index is 2.46. The van der Waals surface area contributed by atoms with Crippen LogP contribution in [0.2, 0.25) is 0 Å². The molecule has 1 unspecified atom stereocenters. The van der Waals surface area contributed by atoms with E-state index in [0.717, 1.165) is 25.8 Å². The van der Waals surface area contributed by atoms with E-state index in [1.165, 1.54) is 7.11 Å². The lowest BCUT2D eigenvalue weighted by molar-refractivity contribution is -0.143. The number of methoxy groups -OCH3 is 1. The molecule has 1 heterocycles. The second-order valence-corrected chi connectivity index (χ2v) is 4.34. The first kappa shape index (κ1) is 14.5. The van der Waals surface area contributed by atoms with Crippen molar-refractivity contribution < 1.29 is 14.3 Å². The van der Waals surface area contributed by atoms with Crippen molar-refractivity contribution in [2.24, 2.45) is 0 Å². The average Bonchev–Trinajstić information content (AvgIpc) is 2.38. The molecule has 100 valence electrons. The minimum absolute atomic E-state index is 0.0222. The number of carbonyl (C=O) groups is 2. The highest BCUT2D eigenvalue weighted by Crippen LogP contribution is 2.19. The van der Waals surface area contributed by atoms with E-state index in [1.54, 1.807) is 0 Å². The Labute approximate surface area is 107 Å². The van der Waals surface area contributed by atoms with E-state index >= 15 is 0 Å². The van der Waals surface area contributed by atoms with Gasteiger partial charge in [-0.2, -0.15) is 5.26 Å². The Morgan fingerprint density at radius 1 is 1.50 bits per heavy atom. The van der Waals surface area contributed by atoms with Gasteiger partial charge in [-0.25, -0.2) is 0 Å². The first-order valence-corrected chi connectivity index (χ1v) is 6.12. The Morgan fingerprint density at radius 2 is 2.28 bits per heavy atom. The third kappa shape index (κ3) is 4.72. The molecule has 0 aromatic carbocycles. The molecular formula is C12H19N3O3. The van der Waals surface area contributed by atoms with E-state index in [0.29, 0.717) is 6.42 Å². The van der Waals surface area contributed by atoms with E-state index in [4.69, 9.17) is 5.26 Å². The zero-order valence-corrected chi connectivity index (χ0v) is 10.6. The summed E-state index contributed by atoms with van der Waals surface area (Å²) < 4.78 is 4.66. The molecule has 6 heteroatoms. The van der Waals surface area contributed by atoms with Gasteiger partial charge in [0.25, 0.3) is 0 Å². The summed E-state index contributed by atoms with van der Waals surface area (Å²) in [5.41, 5.74) is 0. The predicted octanol–water partition coefficient (Wildman–Crippen LogP) is 0.0438. The Kier molecular flexibility index (Phi) is 6.15. The quantitative estimate of drug-likeness (QED) is 0.552. The molecule has 18 heavy (non-hydrogen) atoms. The monoisotopic (exact) mass is 253 g/mol. The fourth-order valence-corrected chi connectivity index (χ4v) is 2.15. The molecular weight excluding hydrogens is 234 g/mol. The molecule has 6 nitrogen and oxygen atoms in total. The zero-order chi connectivity index (χ0) is 13.4. The van der Waals surface area contributed by atoms with Crippen molar-refractivity contribution in [1.29, 1.82) is 5.26 Å². The summed E-state index contributed by atoms with van der Waals surface area (Å²) in [4.78, 5) is 24.8. The molecule has 1 saturated heterocycles. The van der Waals surface area contributed by atoms with Gasteiger partial charge in [-0.3, -0.25) is 14.5 Å². The number of ether oxygens (including phenoxy) is 1. The second kappa shape index (κ2) is 7.67. The summed E-state index contributed by atoms with van der Waals surface area (Å²) in [6.45, 7) is 1.07. The number of rotatable bonds is 5. The van der Waals surface area contributed by atoms with E-state index in [2.05, 4.69) is 10.1 Å². The van der Waals surface area contributed by atoms with E-state index in [1.807, 2.05) is 11.0 Å². The molecule has 1 fully saturated rings. The molecule has 0 bridgehead atoms. The summed E-state index contributed by atoms with van der Waals surface area (Å²) in [5, 5.41) is 10.9. The van der Waals surface area contributed by atoms with Crippen LogP contribution in [0.5, 0.6) is 0 Å². The minimum Gasteiger partial charge on any atom is -0.469 e. The number of nitriles is 1. The van der Waals surface area contributed by atoms with Crippen LogP contribution in [-0.2, 0) is 14.3 Å². The first-order valence-electron chi connectivity index (χ1n) is 6.12. The van der Waals surface area contributed by atoms with Gasteiger partial charge in [0.2, 0.25) is 5.91 Å². The summed E-state index contributed by atoms with van der Waals surface area (Å²) in [6, 6.07) is 1.93. The zero-order valence-electron chi connectivity index (χ0n) is 10.6. The highest BCUT2D eigenvalue weighted by atomic mass is 16.5. The lowest BCUT2D eigenvalue weighted by Gasteiger charge is -2.34. The highest BCUT2D eigenvalue weighted by molar-refractivity contribution is 5.78. The molecule has 0 spiro atoms. The highest BCUT2D eigenvalue weighted by Gasteiger charge is 2.26.